The molecular formula is C35H39NO4SSi. The number of sulfonamides is 1. The van der Waals surface area contributed by atoms with E-state index in [1.807, 2.05) is 55.5 Å². The van der Waals surface area contributed by atoms with Crippen LogP contribution in [0, 0.1) is 18.8 Å². The maximum atomic E-state index is 13.8. The van der Waals surface area contributed by atoms with Crippen LogP contribution in [0.4, 0.5) is 5.69 Å². The van der Waals surface area contributed by atoms with Crippen LogP contribution in [0.2, 0.25) is 19.6 Å². The first-order valence-corrected chi connectivity index (χ1v) is 18.9. The monoisotopic (exact) mass is 597 g/mol. The van der Waals surface area contributed by atoms with Crippen molar-refractivity contribution in [1.29, 1.82) is 0 Å². The molecule has 0 radical (unpaired) electrons. The Morgan fingerprint density at radius 3 is 1.95 bits per heavy atom. The average molecular weight is 598 g/mol. The number of ether oxygens (including phenoxy) is 1. The molecule has 0 aromatic heterocycles. The number of unbranched alkanes of at least 4 members (excludes halogenated alkanes) is 1. The van der Waals surface area contributed by atoms with Gasteiger partial charge in [0.05, 0.1) is 17.7 Å². The number of nitrogens with zero attached hydrogens (tertiary/aromatic N) is 1. The second kappa shape index (κ2) is 13.4. The number of hydrogen-bond donors (Lipinski definition) is 0. The molecule has 0 spiro atoms. The Bertz CT molecular complexity index is 1580. The van der Waals surface area contributed by atoms with Gasteiger partial charge in [-0.2, -0.15) is 0 Å². The Hall–Kier alpha value is -3.83. The summed E-state index contributed by atoms with van der Waals surface area (Å²) in [4.78, 5) is 0.248. The predicted octanol–water partition coefficient (Wildman–Crippen LogP) is 7.78. The summed E-state index contributed by atoms with van der Waals surface area (Å²) in [5.41, 5.74) is 2.58. The highest BCUT2D eigenvalue weighted by atomic mass is 32.2. The van der Waals surface area contributed by atoms with Crippen molar-refractivity contribution < 1.29 is 17.6 Å². The summed E-state index contributed by atoms with van der Waals surface area (Å²) >= 11 is 0. The quantitative estimate of drug-likeness (QED) is 0.101. The summed E-state index contributed by atoms with van der Waals surface area (Å²) in [6.07, 6.45) is 1.02. The molecule has 0 aliphatic rings. The molecule has 0 saturated heterocycles. The van der Waals surface area contributed by atoms with Crippen molar-refractivity contribution in [3.8, 4) is 17.6 Å². The smallest absolute Gasteiger partial charge is 0.264 e. The molecule has 0 aliphatic heterocycles. The lowest BCUT2D eigenvalue weighted by molar-refractivity contribution is 0.166. The number of benzene rings is 4. The number of rotatable bonds is 11. The zero-order valence-corrected chi connectivity index (χ0v) is 26.8. The Kier molecular flexibility index (Phi) is 9.95. The number of anilines is 1. The second-order valence-electron chi connectivity index (χ2n) is 11.1. The highest BCUT2D eigenvalue weighted by Gasteiger charge is 2.38. The van der Waals surface area contributed by atoms with Crippen LogP contribution in [-0.4, -0.2) is 30.4 Å². The van der Waals surface area contributed by atoms with E-state index in [0.29, 0.717) is 24.3 Å². The Labute approximate surface area is 252 Å². The molecule has 0 aliphatic carbocycles. The van der Waals surface area contributed by atoms with Crippen LogP contribution in [0.25, 0.3) is 0 Å². The Morgan fingerprint density at radius 2 is 1.40 bits per heavy atom. The number of methoxy groups -OCH3 is 1. The van der Waals surface area contributed by atoms with Gasteiger partial charge in [-0.3, -0.25) is 4.31 Å². The second-order valence-corrected chi connectivity index (χ2v) is 17.4. The third-order valence-electron chi connectivity index (χ3n) is 6.70. The summed E-state index contributed by atoms with van der Waals surface area (Å²) in [6, 6.07) is 34.3. The first-order chi connectivity index (χ1) is 20.0. The molecule has 5 nitrogen and oxygen atoms in total. The summed E-state index contributed by atoms with van der Waals surface area (Å²) in [7, 11) is -4.31. The molecule has 4 aromatic rings. The van der Waals surface area contributed by atoms with Gasteiger partial charge < -0.3 is 9.16 Å². The van der Waals surface area contributed by atoms with Gasteiger partial charge >= 0.3 is 0 Å². The predicted molar refractivity (Wildman–Crippen MR) is 174 cm³/mol. The maximum absolute atomic E-state index is 13.8. The van der Waals surface area contributed by atoms with Gasteiger partial charge in [0.15, 0.2) is 13.9 Å². The standard InChI is InChI=1S/C35H39NO4SSi/c1-29-22-24-34(25-23-29)41(37,38)36(32-20-15-21-33(28-32)39-2)27-14-8-13-26-35(40-42(3,4)5,30-16-9-6-10-17-30)31-18-11-7-12-19-31/h6-7,9-12,15-25,28H,8,14,27H2,1-5H3. The summed E-state index contributed by atoms with van der Waals surface area (Å²) in [6.45, 7) is 8.69. The van der Waals surface area contributed by atoms with Crippen molar-refractivity contribution >= 4 is 24.0 Å². The molecular weight excluding hydrogens is 559 g/mol. The van der Waals surface area contributed by atoms with Gasteiger partial charge in [-0.1, -0.05) is 96.3 Å². The average Bonchev–Trinajstić information content (AvgIpc) is 2.98. The van der Waals surface area contributed by atoms with E-state index in [2.05, 4.69) is 55.7 Å². The first-order valence-electron chi connectivity index (χ1n) is 14.1. The third kappa shape index (κ3) is 7.51. The van der Waals surface area contributed by atoms with E-state index >= 15 is 0 Å². The summed E-state index contributed by atoms with van der Waals surface area (Å²) in [5.74, 6) is 7.47. The minimum atomic E-state index is -3.81. The topological polar surface area (TPSA) is 55.8 Å². The highest BCUT2D eigenvalue weighted by molar-refractivity contribution is 7.92. The molecule has 0 amide bonds. The van der Waals surface area contributed by atoms with Crippen LogP contribution in [0.3, 0.4) is 0 Å². The van der Waals surface area contributed by atoms with E-state index in [1.54, 1.807) is 43.5 Å². The summed E-state index contributed by atoms with van der Waals surface area (Å²) in [5, 5.41) is 0. The molecule has 4 rings (SSSR count). The lowest BCUT2D eigenvalue weighted by Crippen LogP contribution is -2.40. The normalized spacial score (nSPS) is 11.8. The molecule has 0 N–H and O–H groups in total. The van der Waals surface area contributed by atoms with E-state index in [-0.39, 0.29) is 11.4 Å². The molecule has 0 unspecified atom stereocenters. The van der Waals surface area contributed by atoms with Crippen LogP contribution >= 0.6 is 0 Å². The van der Waals surface area contributed by atoms with E-state index in [4.69, 9.17) is 9.16 Å². The van der Waals surface area contributed by atoms with Crippen LogP contribution in [-0.2, 0) is 20.1 Å². The molecule has 0 heterocycles. The van der Waals surface area contributed by atoms with E-state index in [9.17, 15) is 8.42 Å². The first kappa shape index (κ1) is 31.1. The van der Waals surface area contributed by atoms with Crippen molar-refractivity contribution in [2.75, 3.05) is 18.0 Å². The van der Waals surface area contributed by atoms with Crippen LogP contribution in [0.5, 0.6) is 5.75 Å². The number of aryl methyl sites for hydroxylation is 1. The highest BCUT2D eigenvalue weighted by Crippen LogP contribution is 2.36. The molecule has 7 heteroatoms. The Balaban J connectivity index is 1.67. The lowest BCUT2D eigenvalue weighted by atomic mass is 9.87. The minimum Gasteiger partial charge on any atom is -0.497 e. The molecule has 42 heavy (non-hydrogen) atoms. The van der Waals surface area contributed by atoms with Crippen molar-refractivity contribution in [2.24, 2.45) is 0 Å². The molecule has 4 aromatic carbocycles. The van der Waals surface area contributed by atoms with Gasteiger partial charge in [-0.25, -0.2) is 8.42 Å². The lowest BCUT2D eigenvalue weighted by Gasteiger charge is -2.36. The van der Waals surface area contributed by atoms with Gasteiger partial charge in [-0.15, -0.1) is 0 Å². The van der Waals surface area contributed by atoms with Crippen molar-refractivity contribution in [1.82, 2.24) is 0 Å². The third-order valence-corrected chi connectivity index (χ3v) is 9.46. The van der Waals surface area contributed by atoms with Crippen LogP contribution in [0.15, 0.2) is 114 Å². The molecule has 0 fully saturated rings. The van der Waals surface area contributed by atoms with Crippen LogP contribution in [0.1, 0.15) is 29.5 Å². The molecule has 0 bridgehead atoms. The SMILES string of the molecule is COc1cccc(N(CCCC#CC(O[Si](C)(C)C)(c2ccccc2)c2ccccc2)S(=O)(=O)c2ccc(C)cc2)c1. The fourth-order valence-electron chi connectivity index (χ4n) is 4.75. The van der Waals surface area contributed by atoms with Gasteiger partial charge in [0.2, 0.25) is 0 Å². The Morgan fingerprint density at radius 1 is 0.810 bits per heavy atom. The zero-order chi connectivity index (χ0) is 30.2. The summed E-state index contributed by atoms with van der Waals surface area (Å²) < 4.78 is 41.4. The maximum Gasteiger partial charge on any atom is 0.264 e. The fraction of sp³-hybridized carbons (Fsp3) is 0.257. The van der Waals surface area contributed by atoms with Gasteiger partial charge in [0.25, 0.3) is 10.0 Å². The van der Waals surface area contributed by atoms with Crippen molar-refractivity contribution in [3.63, 3.8) is 0 Å². The zero-order valence-electron chi connectivity index (χ0n) is 25.0. The van der Waals surface area contributed by atoms with Crippen molar-refractivity contribution in [2.45, 2.75) is 49.9 Å². The molecule has 218 valence electrons. The number of hydrogen-bond acceptors (Lipinski definition) is 4. The minimum absolute atomic E-state index is 0.248. The largest absolute Gasteiger partial charge is 0.497 e. The van der Waals surface area contributed by atoms with Gasteiger partial charge in [-0.05, 0) is 68.4 Å². The van der Waals surface area contributed by atoms with Crippen molar-refractivity contribution in [3.05, 3.63) is 126 Å². The van der Waals surface area contributed by atoms with Gasteiger partial charge in [0.1, 0.15) is 5.75 Å². The van der Waals surface area contributed by atoms with E-state index in [0.717, 1.165) is 16.7 Å². The van der Waals surface area contributed by atoms with E-state index < -0.39 is 23.9 Å². The van der Waals surface area contributed by atoms with Gasteiger partial charge in [0, 0.05) is 19.0 Å². The van der Waals surface area contributed by atoms with Crippen LogP contribution < -0.4 is 9.04 Å². The van der Waals surface area contributed by atoms with E-state index in [1.165, 1.54) is 4.31 Å². The molecule has 0 saturated carbocycles. The fourth-order valence-corrected chi connectivity index (χ4v) is 7.45. The molecule has 0 atom stereocenters.